The fourth-order valence-corrected chi connectivity index (χ4v) is 6.44. The number of amides is 2. The second kappa shape index (κ2) is 15.6. The van der Waals surface area contributed by atoms with Gasteiger partial charge in [-0.25, -0.2) is 14.3 Å². The van der Waals surface area contributed by atoms with Gasteiger partial charge in [0.25, 0.3) is 5.91 Å². The number of H-pyrrole nitrogens is 1. The van der Waals surface area contributed by atoms with E-state index in [1.165, 1.54) is 30.0 Å². The van der Waals surface area contributed by atoms with Gasteiger partial charge in [0.1, 0.15) is 11.7 Å². The molecule has 1 aliphatic rings. The molecule has 1 saturated heterocycles. The van der Waals surface area contributed by atoms with Crippen LogP contribution in [0.2, 0.25) is 0 Å². The summed E-state index contributed by atoms with van der Waals surface area (Å²) in [6, 6.07) is 29.1. The van der Waals surface area contributed by atoms with Crippen LogP contribution in [0.3, 0.4) is 0 Å². The fraction of sp³-hybridized carbons (Fsp3) is 0.297. The zero-order valence-corrected chi connectivity index (χ0v) is 28.0. The Morgan fingerprint density at radius 1 is 0.820 bits per heavy atom. The number of methoxy groups -OCH3 is 2. The lowest BCUT2D eigenvalue weighted by atomic mass is 9.96. The van der Waals surface area contributed by atoms with E-state index in [0.717, 1.165) is 10.9 Å². The average molecular weight is 678 g/mol. The molecule has 1 fully saturated rings. The first-order valence-corrected chi connectivity index (χ1v) is 16.5. The number of aromatic amines is 1. The molecule has 3 aromatic carbocycles. The Morgan fingerprint density at radius 2 is 1.44 bits per heavy atom. The molecule has 2 aromatic heterocycles. The van der Waals surface area contributed by atoms with Crippen molar-refractivity contribution in [2.24, 2.45) is 0 Å². The minimum atomic E-state index is -0.871. The van der Waals surface area contributed by atoms with Crippen molar-refractivity contribution in [1.82, 2.24) is 35.1 Å². The summed E-state index contributed by atoms with van der Waals surface area (Å²) in [7, 11) is 2.37. The molecule has 6 rings (SSSR count). The minimum absolute atomic E-state index is 0.0359. The number of benzene rings is 3. The molecule has 2 amide bonds. The summed E-state index contributed by atoms with van der Waals surface area (Å²) in [5.74, 6) is -2.23. The van der Waals surface area contributed by atoms with Crippen molar-refractivity contribution in [2.75, 3.05) is 40.4 Å². The number of hydrogen-bond acceptors (Lipinski definition) is 9. The van der Waals surface area contributed by atoms with E-state index in [9.17, 15) is 19.2 Å². The highest BCUT2D eigenvalue weighted by atomic mass is 16.5. The number of carbonyl (C=O) groups excluding carboxylic acids is 4. The molecule has 2 N–H and O–H groups in total. The van der Waals surface area contributed by atoms with E-state index in [2.05, 4.69) is 49.8 Å². The number of nitrogens with one attached hydrogen (secondary N) is 2. The van der Waals surface area contributed by atoms with Crippen molar-refractivity contribution in [3.8, 4) is 0 Å². The van der Waals surface area contributed by atoms with E-state index in [0.29, 0.717) is 38.3 Å². The van der Waals surface area contributed by atoms with Gasteiger partial charge in [-0.1, -0.05) is 84.1 Å². The lowest BCUT2D eigenvalue weighted by Crippen LogP contribution is -2.55. The predicted molar refractivity (Wildman–Crippen MR) is 184 cm³/mol. The number of ether oxygens (including phenoxy) is 2. The van der Waals surface area contributed by atoms with Gasteiger partial charge in [0.15, 0.2) is 5.69 Å². The molecule has 0 spiro atoms. The van der Waals surface area contributed by atoms with Crippen LogP contribution in [0.4, 0.5) is 0 Å². The quantitative estimate of drug-likeness (QED) is 0.188. The van der Waals surface area contributed by atoms with Gasteiger partial charge >= 0.3 is 11.9 Å². The van der Waals surface area contributed by atoms with Crippen LogP contribution in [0.1, 0.15) is 61.5 Å². The molecule has 0 bridgehead atoms. The van der Waals surface area contributed by atoms with Gasteiger partial charge in [-0.3, -0.25) is 14.5 Å². The van der Waals surface area contributed by atoms with Gasteiger partial charge in [-0.2, -0.15) is 0 Å². The molecule has 1 atom stereocenters. The van der Waals surface area contributed by atoms with E-state index >= 15 is 0 Å². The maximum absolute atomic E-state index is 14.2. The monoisotopic (exact) mass is 677 g/mol. The largest absolute Gasteiger partial charge is 0.464 e. The van der Waals surface area contributed by atoms with Crippen LogP contribution in [-0.4, -0.2) is 100.0 Å². The van der Waals surface area contributed by atoms with Crippen LogP contribution in [0.15, 0.2) is 91.0 Å². The van der Waals surface area contributed by atoms with E-state index in [4.69, 9.17) is 9.47 Å². The van der Waals surface area contributed by atoms with Crippen molar-refractivity contribution in [3.63, 3.8) is 0 Å². The highest BCUT2D eigenvalue weighted by Crippen LogP contribution is 2.29. The molecule has 1 unspecified atom stereocenters. The fourth-order valence-electron chi connectivity index (χ4n) is 6.44. The van der Waals surface area contributed by atoms with Gasteiger partial charge in [0.2, 0.25) is 11.6 Å². The van der Waals surface area contributed by atoms with Crippen LogP contribution in [0.25, 0.3) is 10.9 Å². The van der Waals surface area contributed by atoms with E-state index in [-0.39, 0.29) is 36.3 Å². The number of aromatic nitrogens is 4. The summed E-state index contributed by atoms with van der Waals surface area (Å²) in [6.07, 6.45) is 0.553. The van der Waals surface area contributed by atoms with Crippen molar-refractivity contribution < 1.29 is 28.7 Å². The third kappa shape index (κ3) is 7.42. The number of nitrogens with zero attached hydrogens (tertiary/aromatic N) is 5. The summed E-state index contributed by atoms with van der Waals surface area (Å²) in [4.78, 5) is 59.7. The molecule has 13 heteroatoms. The smallest absolute Gasteiger partial charge is 0.361 e. The number of hydrogen-bond donors (Lipinski definition) is 2. The van der Waals surface area contributed by atoms with Crippen molar-refractivity contribution in [3.05, 3.63) is 119 Å². The Bertz CT molecular complexity index is 1880. The lowest BCUT2D eigenvalue weighted by molar-refractivity contribution is -0.135. The lowest BCUT2D eigenvalue weighted by Gasteiger charge is -2.40. The minimum Gasteiger partial charge on any atom is -0.464 e. The first-order valence-electron chi connectivity index (χ1n) is 16.5. The molecule has 3 heterocycles. The number of para-hydroxylation sites is 1. The average Bonchev–Trinajstić information content (AvgIpc) is 3.80. The first-order chi connectivity index (χ1) is 24.4. The van der Waals surface area contributed by atoms with Crippen molar-refractivity contribution >= 4 is 34.7 Å². The Hall–Kier alpha value is -5.82. The third-order valence-electron chi connectivity index (χ3n) is 8.96. The van der Waals surface area contributed by atoms with Crippen LogP contribution in [-0.2, 0) is 20.8 Å². The highest BCUT2D eigenvalue weighted by molar-refractivity contribution is 6.01. The molecule has 50 heavy (non-hydrogen) atoms. The number of aryl methyl sites for hydroxylation is 1. The zero-order chi connectivity index (χ0) is 35.0. The Morgan fingerprint density at radius 3 is 2.06 bits per heavy atom. The molecular weight excluding hydrogens is 638 g/mol. The standard InChI is InChI=1S/C37H39N7O6/c1-49-36(47)31-33(37(48)50-2)44(41-40-31)19-11-18-29(39-34(45)30-24-27-16-9-10-17-28(27)38-30)35(46)43-22-20-42(21-23-43)32(25-12-5-3-6-13-25)26-14-7-4-8-15-26/h3-10,12-17,24,29,32,38H,11,18-23H2,1-2H3,(H,39,45). The van der Waals surface area contributed by atoms with Crippen LogP contribution in [0, 0.1) is 0 Å². The molecule has 0 aliphatic carbocycles. The molecule has 13 nitrogen and oxygen atoms in total. The Labute approximate surface area is 289 Å². The summed E-state index contributed by atoms with van der Waals surface area (Å²) >= 11 is 0. The molecule has 0 radical (unpaired) electrons. The SMILES string of the molecule is COC(=O)c1nnn(CCCC(NC(=O)c2cc3ccccc3[nH]2)C(=O)N2CCN(C(c3ccccc3)c3ccccc3)CC2)c1C(=O)OC. The number of piperazine rings is 1. The number of fused-ring (bicyclic) bond motifs is 1. The van der Waals surface area contributed by atoms with Gasteiger partial charge in [-0.15, -0.1) is 5.10 Å². The Kier molecular flexibility index (Phi) is 10.6. The van der Waals surface area contributed by atoms with Crippen LogP contribution in [0.5, 0.6) is 0 Å². The summed E-state index contributed by atoms with van der Waals surface area (Å²) < 4.78 is 10.8. The summed E-state index contributed by atoms with van der Waals surface area (Å²) in [6.45, 7) is 2.36. The van der Waals surface area contributed by atoms with Gasteiger partial charge < -0.3 is 24.7 Å². The summed E-state index contributed by atoms with van der Waals surface area (Å²) in [5, 5.41) is 11.6. The maximum atomic E-state index is 14.2. The third-order valence-corrected chi connectivity index (χ3v) is 8.96. The van der Waals surface area contributed by atoms with E-state index in [1.54, 1.807) is 11.0 Å². The van der Waals surface area contributed by atoms with Gasteiger partial charge in [0, 0.05) is 43.6 Å². The van der Waals surface area contributed by atoms with Crippen molar-refractivity contribution in [1.29, 1.82) is 0 Å². The van der Waals surface area contributed by atoms with Gasteiger partial charge in [0.05, 0.1) is 20.3 Å². The normalized spacial score (nSPS) is 14.0. The maximum Gasteiger partial charge on any atom is 0.361 e. The number of rotatable bonds is 12. The topological polar surface area (TPSA) is 152 Å². The van der Waals surface area contributed by atoms with E-state index < -0.39 is 23.9 Å². The molecule has 0 saturated carbocycles. The second-order valence-corrected chi connectivity index (χ2v) is 12.0. The Balaban J connectivity index is 1.19. The van der Waals surface area contributed by atoms with Crippen LogP contribution >= 0.6 is 0 Å². The van der Waals surface area contributed by atoms with Gasteiger partial charge in [-0.05, 0) is 36.1 Å². The number of carbonyl (C=O) groups is 4. The van der Waals surface area contributed by atoms with E-state index in [1.807, 2.05) is 60.7 Å². The number of esters is 2. The van der Waals surface area contributed by atoms with Crippen molar-refractivity contribution in [2.45, 2.75) is 31.5 Å². The highest BCUT2D eigenvalue weighted by Gasteiger charge is 2.33. The second-order valence-electron chi connectivity index (χ2n) is 12.0. The molecule has 1 aliphatic heterocycles. The molecular formula is C37H39N7O6. The van der Waals surface area contributed by atoms with Crippen LogP contribution < -0.4 is 5.32 Å². The first kappa shape index (κ1) is 34.1. The summed E-state index contributed by atoms with van der Waals surface area (Å²) in [5.41, 5.74) is 3.10. The molecule has 258 valence electrons. The zero-order valence-electron chi connectivity index (χ0n) is 28.0. The predicted octanol–water partition coefficient (Wildman–Crippen LogP) is 3.85. The molecule has 5 aromatic rings.